The Morgan fingerprint density at radius 2 is 2.20 bits per heavy atom. The summed E-state index contributed by atoms with van der Waals surface area (Å²) in [7, 11) is 0. The molecule has 0 unspecified atom stereocenters. The maximum absolute atomic E-state index is 5.89. The summed E-state index contributed by atoms with van der Waals surface area (Å²) in [6.45, 7) is 3.69. The fourth-order valence-electron chi connectivity index (χ4n) is 1.69. The lowest BCUT2D eigenvalue weighted by molar-refractivity contribution is 0.393. The van der Waals surface area contributed by atoms with Crippen LogP contribution in [0.25, 0.3) is 11.3 Å². The van der Waals surface area contributed by atoms with Gasteiger partial charge in [-0.05, 0) is 12.1 Å². The molecule has 1 aromatic carbocycles. The minimum Gasteiger partial charge on any atom is -0.442 e. The highest BCUT2D eigenvalue weighted by molar-refractivity contribution is 7.07. The number of hydrogen-bond acceptors (Lipinski definition) is 7. The Labute approximate surface area is 118 Å². The van der Waals surface area contributed by atoms with Gasteiger partial charge in [-0.15, -0.1) is 16.8 Å². The molecule has 0 saturated carbocycles. The van der Waals surface area contributed by atoms with Gasteiger partial charge in [0.05, 0.1) is 0 Å². The quantitative estimate of drug-likeness (QED) is 0.671. The molecule has 0 N–H and O–H groups in total. The first-order valence-corrected chi connectivity index (χ1v) is 6.62. The monoisotopic (exact) mass is 286 g/mol. The van der Waals surface area contributed by atoms with Gasteiger partial charge in [0.15, 0.2) is 6.26 Å². The van der Waals surface area contributed by atoms with Crippen LogP contribution in [-0.4, -0.2) is 20.0 Å². The zero-order chi connectivity index (χ0) is 13.8. The molecule has 0 aliphatic heterocycles. The van der Waals surface area contributed by atoms with Crippen molar-refractivity contribution in [3.8, 4) is 22.1 Å². The topological polar surface area (TPSA) is 73.9 Å². The van der Waals surface area contributed by atoms with Crippen LogP contribution in [0.2, 0.25) is 0 Å². The van der Waals surface area contributed by atoms with Crippen molar-refractivity contribution in [2.75, 3.05) is 0 Å². The summed E-state index contributed by atoms with van der Waals surface area (Å²) in [6, 6.07) is 7.51. The van der Waals surface area contributed by atoms with Crippen LogP contribution in [0.3, 0.4) is 0 Å². The summed E-state index contributed by atoms with van der Waals surface area (Å²) >= 11 is 1.20. The number of hydrogen-bond donors (Lipinski definition) is 0. The molecule has 7 heteroatoms. The maximum Gasteiger partial charge on any atom is 0.223 e. The van der Waals surface area contributed by atoms with Crippen LogP contribution in [0.4, 0.5) is 0 Å². The molecule has 2 heterocycles. The third-order valence-corrected chi connectivity index (χ3v) is 3.23. The predicted molar refractivity (Wildman–Crippen MR) is 73.6 cm³/mol. The molecule has 3 rings (SSSR count). The zero-order valence-corrected chi connectivity index (χ0v) is 11.2. The fourth-order valence-corrected chi connectivity index (χ4v) is 2.26. The third-order valence-electron chi connectivity index (χ3n) is 2.58. The SMILES string of the molecule is C=CCc1nnsc1Oc1ccccc1-c1conn1. The Morgan fingerprint density at radius 1 is 1.30 bits per heavy atom. The lowest BCUT2D eigenvalue weighted by atomic mass is 10.1. The second-order valence-electron chi connectivity index (χ2n) is 3.89. The van der Waals surface area contributed by atoms with Crippen LogP contribution >= 0.6 is 11.5 Å². The standard InChI is InChI=1S/C13H10N4O2S/c1-2-5-10-13(20-17-15-10)19-12-7-4-3-6-9(12)11-8-18-16-14-11/h2-4,6-8H,1,5H2. The van der Waals surface area contributed by atoms with Gasteiger partial charge in [-0.2, -0.15) is 0 Å². The van der Waals surface area contributed by atoms with Gasteiger partial charge in [0.2, 0.25) is 5.06 Å². The van der Waals surface area contributed by atoms with E-state index in [2.05, 4.69) is 26.5 Å². The Kier molecular flexibility index (Phi) is 3.51. The van der Waals surface area contributed by atoms with Crippen molar-refractivity contribution in [3.05, 3.63) is 48.9 Å². The molecular formula is C13H10N4O2S. The van der Waals surface area contributed by atoms with Crippen LogP contribution in [0, 0.1) is 0 Å². The van der Waals surface area contributed by atoms with Crippen LogP contribution < -0.4 is 4.74 Å². The molecule has 0 spiro atoms. The van der Waals surface area contributed by atoms with Gasteiger partial charge in [-0.25, -0.2) is 0 Å². The molecule has 2 aromatic heterocycles. The van der Waals surface area contributed by atoms with Crippen LogP contribution in [0.1, 0.15) is 5.69 Å². The predicted octanol–water partition coefficient (Wildman–Crippen LogP) is 3.11. The molecule has 3 aromatic rings. The molecule has 0 amide bonds. The van der Waals surface area contributed by atoms with E-state index in [9.17, 15) is 0 Å². The van der Waals surface area contributed by atoms with Crippen LogP contribution in [-0.2, 0) is 6.42 Å². The summed E-state index contributed by atoms with van der Waals surface area (Å²) in [5.74, 6) is 0.652. The number of ether oxygens (including phenoxy) is 1. The van der Waals surface area contributed by atoms with E-state index in [-0.39, 0.29) is 0 Å². The van der Waals surface area contributed by atoms with Crippen molar-refractivity contribution in [1.82, 2.24) is 20.0 Å². The fraction of sp³-hybridized carbons (Fsp3) is 0.0769. The zero-order valence-electron chi connectivity index (χ0n) is 10.4. The molecule has 0 saturated heterocycles. The number of aromatic nitrogens is 4. The Hall–Kier alpha value is -2.54. The number of rotatable bonds is 5. The summed E-state index contributed by atoms with van der Waals surface area (Å²) < 4.78 is 14.6. The lowest BCUT2D eigenvalue weighted by Gasteiger charge is -2.07. The molecule has 0 bridgehead atoms. The largest absolute Gasteiger partial charge is 0.442 e. The minimum atomic E-state index is 0.611. The molecule has 0 aliphatic carbocycles. The molecule has 0 fully saturated rings. The highest BCUT2D eigenvalue weighted by Gasteiger charge is 2.14. The van der Waals surface area contributed by atoms with Gasteiger partial charge >= 0.3 is 0 Å². The van der Waals surface area contributed by atoms with Crippen molar-refractivity contribution in [2.45, 2.75) is 6.42 Å². The minimum absolute atomic E-state index is 0.611. The number of allylic oxidation sites excluding steroid dienone is 1. The number of nitrogens with zero attached hydrogens (tertiary/aromatic N) is 4. The van der Waals surface area contributed by atoms with Gasteiger partial charge in [0, 0.05) is 28.8 Å². The van der Waals surface area contributed by atoms with E-state index in [0.717, 1.165) is 11.3 Å². The third kappa shape index (κ3) is 2.43. The van der Waals surface area contributed by atoms with Crippen molar-refractivity contribution in [2.24, 2.45) is 0 Å². The number of para-hydroxylation sites is 1. The van der Waals surface area contributed by atoms with Crippen molar-refractivity contribution < 1.29 is 9.26 Å². The average Bonchev–Trinajstić information content (AvgIpc) is 3.12. The summed E-state index contributed by atoms with van der Waals surface area (Å²) in [5, 5.41) is 12.0. The maximum atomic E-state index is 5.89. The summed E-state index contributed by atoms with van der Waals surface area (Å²) in [5.41, 5.74) is 2.17. The van der Waals surface area contributed by atoms with Crippen molar-refractivity contribution in [1.29, 1.82) is 0 Å². The lowest BCUT2D eigenvalue weighted by Crippen LogP contribution is -1.90. The average molecular weight is 286 g/mol. The van der Waals surface area contributed by atoms with Crippen LogP contribution in [0.15, 0.2) is 47.7 Å². The van der Waals surface area contributed by atoms with Gasteiger partial charge in [-0.1, -0.05) is 22.7 Å². The smallest absolute Gasteiger partial charge is 0.223 e. The van der Waals surface area contributed by atoms with Crippen molar-refractivity contribution in [3.63, 3.8) is 0 Å². The molecule has 20 heavy (non-hydrogen) atoms. The Bertz CT molecular complexity index is 709. The van der Waals surface area contributed by atoms with E-state index in [1.165, 1.54) is 17.8 Å². The molecule has 0 atom stereocenters. The van der Waals surface area contributed by atoms with Gasteiger partial charge < -0.3 is 9.26 Å². The van der Waals surface area contributed by atoms with Gasteiger partial charge in [-0.3, -0.25) is 0 Å². The van der Waals surface area contributed by atoms with E-state index in [0.29, 0.717) is 22.9 Å². The van der Waals surface area contributed by atoms with Gasteiger partial charge in [0.1, 0.15) is 17.1 Å². The molecular weight excluding hydrogens is 276 g/mol. The van der Waals surface area contributed by atoms with E-state index < -0.39 is 0 Å². The summed E-state index contributed by atoms with van der Waals surface area (Å²) in [4.78, 5) is 0. The van der Waals surface area contributed by atoms with E-state index in [4.69, 9.17) is 9.26 Å². The van der Waals surface area contributed by atoms with E-state index in [1.54, 1.807) is 6.08 Å². The van der Waals surface area contributed by atoms with Crippen LogP contribution in [0.5, 0.6) is 10.8 Å². The highest BCUT2D eigenvalue weighted by Crippen LogP contribution is 2.34. The Balaban J connectivity index is 1.95. The highest BCUT2D eigenvalue weighted by atomic mass is 32.1. The van der Waals surface area contributed by atoms with Gasteiger partial charge in [0.25, 0.3) is 0 Å². The van der Waals surface area contributed by atoms with E-state index in [1.807, 2.05) is 24.3 Å². The second-order valence-corrected chi connectivity index (χ2v) is 4.60. The Morgan fingerprint density at radius 3 is 3.00 bits per heavy atom. The van der Waals surface area contributed by atoms with Crippen molar-refractivity contribution >= 4 is 11.5 Å². The molecule has 100 valence electrons. The second kappa shape index (κ2) is 5.62. The molecule has 0 aliphatic rings. The molecule has 6 nitrogen and oxygen atoms in total. The molecule has 0 radical (unpaired) electrons. The first kappa shape index (κ1) is 12.5. The van der Waals surface area contributed by atoms with E-state index >= 15 is 0 Å². The summed E-state index contributed by atoms with van der Waals surface area (Å²) in [6.07, 6.45) is 3.84. The first-order chi connectivity index (χ1) is 9.88. The first-order valence-electron chi connectivity index (χ1n) is 5.85. The normalized spacial score (nSPS) is 10.4. The number of benzene rings is 1.